The molecular weight excluding hydrogens is 318 g/mol. The Hall–Kier alpha value is -0.340. The topological polar surface area (TPSA) is 23.5 Å². The van der Waals surface area contributed by atoms with E-state index in [1.54, 1.807) is 0 Å². The first-order valence-corrected chi connectivity index (χ1v) is 11.8. The molecule has 0 aliphatic heterocycles. The Morgan fingerprint density at radius 3 is 1.35 bits per heavy atom. The summed E-state index contributed by atoms with van der Waals surface area (Å²) in [7, 11) is 0. The molecule has 0 aromatic carbocycles. The minimum absolute atomic E-state index is 0.364. The Balaban J connectivity index is 3.13. The Morgan fingerprint density at radius 2 is 0.923 bits per heavy atom. The lowest BCUT2D eigenvalue weighted by atomic mass is 10.1. The molecule has 156 valence electrons. The number of hydrogen-bond acceptors (Lipinski definition) is 2. The van der Waals surface area contributed by atoms with Gasteiger partial charge in [0.15, 0.2) is 0 Å². The van der Waals surface area contributed by atoms with E-state index in [1.807, 2.05) is 0 Å². The molecule has 0 radical (unpaired) electrons. The fourth-order valence-electron chi connectivity index (χ4n) is 3.51. The van der Waals surface area contributed by atoms with Gasteiger partial charge in [0.2, 0.25) is 0 Å². The molecule has 0 heterocycles. The summed E-state index contributed by atoms with van der Waals surface area (Å²) in [5, 5.41) is 8.73. The molecule has 0 rings (SSSR count). The first kappa shape index (κ1) is 25.7. The lowest BCUT2D eigenvalue weighted by molar-refractivity contribution is 0.282. The van der Waals surface area contributed by atoms with Gasteiger partial charge in [-0.15, -0.1) is 0 Å². The highest BCUT2D eigenvalue weighted by molar-refractivity contribution is 4.81. The summed E-state index contributed by atoms with van der Waals surface area (Å²) >= 11 is 0. The van der Waals surface area contributed by atoms with Gasteiger partial charge < -0.3 is 10.0 Å². The summed E-state index contributed by atoms with van der Waals surface area (Å²) in [5.41, 5.74) is 0. The van der Waals surface area contributed by atoms with Crippen LogP contribution in [-0.2, 0) is 0 Å². The monoisotopic (exact) mass is 367 g/mol. The summed E-state index contributed by atoms with van der Waals surface area (Å²) in [5.74, 6) is 0. The number of hydrogen-bond donors (Lipinski definition) is 1. The zero-order chi connectivity index (χ0) is 19.1. The standard InChI is InChI=1S/C24H49NO/c1-3-25(4-2)23-21-19-17-15-13-11-9-7-5-6-8-10-12-14-16-18-20-22-24-26/h5,7,26H,3-4,6,8-24H2,1-2H3/b7-5-. The summed E-state index contributed by atoms with van der Waals surface area (Å²) < 4.78 is 0. The molecule has 0 aromatic heterocycles. The second-order valence-corrected chi connectivity index (χ2v) is 7.75. The molecule has 26 heavy (non-hydrogen) atoms. The number of allylic oxidation sites excluding steroid dienone is 2. The van der Waals surface area contributed by atoms with Gasteiger partial charge in [-0.3, -0.25) is 0 Å². The molecule has 0 spiro atoms. The van der Waals surface area contributed by atoms with Crippen molar-refractivity contribution in [3.05, 3.63) is 12.2 Å². The Labute approximate surface area is 165 Å². The van der Waals surface area contributed by atoms with E-state index in [9.17, 15) is 0 Å². The van der Waals surface area contributed by atoms with Gasteiger partial charge >= 0.3 is 0 Å². The van der Waals surface area contributed by atoms with Gasteiger partial charge in [0.25, 0.3) is 0 Å². The van der Waals surface area contributed by atoms with Crippen LogP contribution in [0.3, 0.4) is 0 Å². The first-order valence-electron chi connectivity index (χ1n) is 11.8. The van der Waals surface area contributed by atoms with Crippen LogP contribution in [0.1, 0.15) is 117 Å². The molecule has 0 amide bonds. The van der Waals surface area contributed by atoms with E-state index >= 15 is 0 Å². The maximum absolute atomic E-state index is 8.73. The van der Waals surface area contributed by atoms with Crippen LogP contribution in [0, 0.1) is 0 Å². The summed E-state index contributed by atoms with van der Waals surface area (Å²) in [6.45, 7) is 8.59. The van der Waals surface area contributed by atoms with E-state index in [2.05, 4.69) is 30.9 Å². The van der Waals surface area contributed by atoms with Gasteiger partial charge in [0, 0.05) is 6.61 Å². The van der Waals surface area contributed by atoms with Gasteiger partial charge in [0.05, 0.1) is 0 Å². The van der Waals surface area contributed by atoms with Crippen molar-refractivity contribution in [2.45, 2.75) is 117 Å². The highest BCUT2D eigenvalue weighted by Gasteiger charge is 1.98. The Morgan fingerprint density at radius 1 is 0.538 bits per heavy atom. The smallest absolute Gasteiger partial charge is 0.0431 e. The van der Waals surface area contributed by atoms with Crippen LogP contribution in [0.5, 0.6) is 0 Å². The SMILES string of the molecule is CCN(CC)CCCCCCCC/C=C\CCCCCCCCCCO. The maximum atomic E-state index is 8.73. The third-order valence-corrected chi connectivity index (χ3v) is 5.44. The average Bonchev–Trinajstić information content (AvgIpc) is 2.66. The van der Waals surface area contributed by atoms with E-state index < -0.39 is 0 Å². The third kappa shape index (κ3) is 20.0. The lowest BCUT2D eigenvalue weighted by Gasteiger charge is -2.17. The molecule has 0 aromatic rings. The molecule has 0 atom stereocenters. The van der Waals surface area contributed by atoms with Crippen molar-refractivity contribution in [3.8, 4) is 0 Å². The van der Waals surface area contributed by atoms with Gasteiger partial charge in [0.1, 0.15) is 0 Å². The van der Waals surface area contributed by atoms with E-state index in [0.29, 0.717) is 6.61 Å². The van der Waals surface area contributed by atoms with Crippen LogP contribution in [0.4, 0.5) is 0 Å². The molecule has 0 aliphatic rings. The lowest BCUT2D eigenvalue weighted by Crippen LogP contribution is -2.23. The fraction of sp³-hybridized carbons (Fsp3) is 0.917. The molecular formula is C24H49NO. The van der Waals surface area contributed by atoms with E-state index in [0.717, 1.165) is 6.42 Å². The maximum Gasteiger partial charge on any atom is 0.0431 e. The summed E-state index contributed by atoms with van der Waals surface area (Å²) in [4.78, 5) is 2.53. The summed E-state index contributed by atoms with van der Waals surface area (Å²) in [6, 6.07) is 0. The van der Waals surface area contributed by atoms with Crippen LogP contribution in [0.2, 0.25) is 0 Å². The van der Waals surface area contributed by atoms with Crippen molar-refractivity contribution >= 4 is 0 Å². The molecule has 0 saturated carbocycles. The van der Waals surface area contributed by atoms with Crippen LogP contribution in [0.25, 0.3) is 0 Å². The third-order valence-electron chi connectivity index (χ3n) is 5.44. The predicted molar refractivity (Wildman–Crippen MR) is 118 cm³/mol. The van der Waals surface area contributed by atoms with E-state index in [-0.39, 0.29) is 0 Å². The molecule has 0 unspecified atom stereocenters. The van der Waals surface area contributed by atoms with Crippen LogP contribution < -0.4 is 0 Å². The minimum Gasteiger partial charge on any atom is -0.396 e. The van der Waals surface area contributed by atoms with Gasteiger partial charge in [-0.25, -0.2) is 0 Å². The molecule has 2 heteroatoms. The number of aliphatic hydroxyl groups excluding tert-OH is 1. The van der Waals surface area contributed by atoms with E-state index in [1.165, 1.54) is 116 Å². The van der Waals surface area contributed by atoms with Crippen molar-refractivity contribution in [2.24, 2.45) is 0 Å². The van der Waals surface area contributed by atoms with Crippen molar-refractivity contribution in [1.29, 1.82) is 0 Å². The van der Waals surface area contributed by atoms with Crippen molar-refractivity contribution in [3.63, 3.8) is 0 Å². The fourth-order valence-corrected chi connectivity index (χ4v) is 3.51. The zero-order valence-corrected chi connectivity index (χ0v) is 18.2. The van der Waals surface area contributed by atoms with E-state index in [4.69, 9.17) is 5.11 Å². The predicted octanol–water partition coefficient (Wildman–Crippen LogP) is 7.12. The second-order valence-electron chi connectivity index (χ2n) is 7.75. The minimum atomic E-state index is 0.364. The van der Waals surface area contributed by atoms with Crippen LogP contribution >= 0.6 is 0 Å². The van der Waals surface area contributed by atoms with Crippen LogP contribution in [-0.4, -0.2) is 36.2 Å². The Kier molecular flexibility index (Phi) is 22.4. The van der Waals surface area contributed by atoms with Crippen molar-refractivity contribution < 1.29 is 5.11 Å². The normalized spacial score (nSPS) is 11.8. The first-order chi connectivity index (χ1) is 12.8. The molecule has 0 saturated heterocycles. The van der Waals surface area contributed by atoms with Gasteiger partial charge in [-0.05, 0) is 58.2 Å². The number of rotatable bonds is 21. The molecule has 0 bridgehead atoms. The zero-order valence-electron chi connectivity index (χ0n) is 18.2. The average molecular weight is 368 g/mol. The molecule has 0 aliphatic carbocycles. The van der Waals surface area contributed by atoms with Crippen molar-refractivity contribution in [2.75, 3.05) is 26.2 Å². The van der Waals surface area contributed by atoms with Gasteiger partial charge in [-0.2, -0.15) is 0 Å². The second kappa shape index (κ2) is 22.7. The highest BCUT2D eigenvalue weighted by Crippen LogP contribution is 2.11. The van der Waals surface area contributed by atoms with Gasteiger partial charge in [-0.1, -0.05) is 90.2 Å². The number of aliphatic hydroxyl groups is 1. The largest absolute Gasteiger partial charge is 0.396 e. The summed E-state index contributed by atoms with van der Waals surface area (Å²) in [6.07, 6.45) is 26.2. The molecule has 0 fully saturated rings. The van der Waals surface area contributed by atoms with Crippen LogP contribution in [0.15, 0.2) is 12.2 Å². The Bertz CT molecular complexity index is 273. The highest BCUT2D eigenvalue weighted by atomic mass is 16.2. The molecule has 1 N–H and O–H groups in total. The quantitative estimate of drug-likeness (QED) is 0.172. The number of unbranched alkanes of at least 4 members (excludes halogenated alkanes) is 14. The number of nitrogens with zero attached hydrogens (tertiary/aromatic N) is 1. The molecule has 2 nitrogen and oxygen atoms in total. The van der Waals surface area contributed by atoms with Crippen molar-refractivity contribution in [1.82, 2.24) is 4.90 Å².